The minimum Gasteiger partial charge on any atom is -0.497 e. The van der Waals surface area contributed by atoms with Gasteiger partial charge < -0.3 is 15.8 Å². The van der Waals surface area contributed by atoms with Crippen LogP contribution in [0.15, 0.2) is 23.2 Å². The van der Waals surface area contributed by atoms with E-state index in [0.717, 1.165) is 22.6 Å². The molecule has 20 heavy (non-hydrogen) atoms. The van der Waals surface area contributed by atoms with E-state index in [1.807, 2.05) is 19.2 Å². The van der Waals surface area contributed by atoms with Crippen molar-refractivity contribution in [3.8, 4) is 17.0 Å². The normalized spacial score (nSPS) is 13.4. The van der Waals surface area contributed by atoms with E-state index in [1.165, 1.54) is 0 Å². The number of nitrogens with one attached hydrogen (secondary N) is 1. The highest BCUT2D eigenvalue weighted by Crippen LogP contribution is 2.33. The van der Waals surface area contributed by atoms with Crippen LogP contribution in [0.1, 0.15) is 5.56 Å². The molecule has 0 atom stereocenters. The van der Waals surface area contributed by atoms with Crippen molar-refractivity contribution in [2.24, 2.45) is 17.8 Å². The van der Waals surface area contributed by atoms with Gasteiger partial charge in [0.2, 0.25) is 0 Å². The summed E-state index contributed by atoms with van der Waals surface area (Å²) in [4.78, 5) is 4.20. The lowest BCUT2D eigenvalue weighted by Crippen LogP contribution is -2.23. The molecular weight excluding hydrogens is 278 g/mol. The topological polar surface area (TPSA) is 77.5 Å². The number of halogens is 1. The summed E-state index contributed by atoms with van der Waals surface area (Å²) < 4.78 is 6.99. The van der Waals surface area contributed by atoms with Crippen LogP contribution in [0.4, 0.5) is 5.82 Å². The van der Waals surface area contributed by atoms with Crippen LogP contribution >= 0.6 is 11.6 Å². The lowest BCUT2D eigenvalue weighted by atomic mass is 10.1. The largest absolute Gasteiger partial charge is 0.497 e. The zero-order valence-corrected chi connectivity index (χ0v) is 11.9. The molecule has 3 rings (SSSR count). The highest BCUT2D eigenvalue weighted by atomic mass is 35.5. The van der Waals surface area contributed by atoms with Crippen molar-refractivity contribution in [1.82, 2.24) is 9.78 Å². The Bertz CT molecular complexity index is 707. The second-order valence-corrected chi connectivity index (χ2v) is 4.89. The Morgan fingerprint density at radius 3 is 2.95 bits per heavy atom. The van der Waals surface area contributed by atoms with Crippen LogP contribution in [0.25, 0.3) is 11.3 Å². The van der Waals surface area contributed by atoms with Crippen LogP contribution < -0.4 is 15.8 Å². The molecule has 1 aromatic carbocycles. The summed E-state index contributed by atoms with van der Waals surface area (Å²) in [6.45, 7) is 0.455. The van der Waals surface area contributed by atoms with Crippen molar-refractivity contribution in [1.29, 1.82) is 0 Å². The summed E-state index contributed by atoms with van der Waals surface area (Å²) >= 11 is 6.11. The number of hydrogen-bond donors (Lipinski definition) is 2. The number of anilines is 1. The summed E-state index contributed by atoms with van der Waals surface area (Å²) in [6.07, 6.45) is 0. The molecule has 2 heterocycles. The molecule has 0 radical (unpaired) electrons. The van der Waals surface area contributed by atoms with Crippen LogP contribution in [0.2, 0.25) is 5.02 Å². The predicted octanol–water partition coefficient (Wildman–Crippen LogP) is 1.84. The number of methoxy groups -OCH3 is 1. The lowest BCUT2D eigenvalue weighted by molar-refractivity contribution is 0.415. The van der Waals surface area contributed by atoms with Gasteiger partial charge in [-0.25, -0.2) is 4.99 Å². The molecule has 6 nitrogen and oxygen atoms in total. The maximum absolute atomic E-state index is 6.11. The molecule has 3 N–H and O–H groups in total. The maximum atomic E-state index is 6.11. The number of hydrogen-bond acceptors (Lipinski definition) is 5. The Morgan fingerprint density at radius 1 is 1.40 bits per heavy atom. The minimum absolute atomic E-state index is 0.455. The monoisotopic (exact) mass is 291 g/mol. The minimum atomic E-state index is 0.455. The first kappa shape index (κ1) is 12.8. The predicted molar refractivity (Wildman–Crippen MR) is 79.4 cm³/mol. The number of nitrogens with zero attached hydrogens (tertiary/aromatic N) is 3. The Labute approximate surface area is 121 Å². The third kappa shape index (κ3) is 1.98. The fourth-order valence-electron chi connectivity index (χ4n) is 2.27. The lowest BCUT2D eigenvalue weighted by Gasteiger charge is -2.13. The second-order valence-electron chi connectivity index (χ2n) is 4.45. The van der Waals surface area contributed by atoms with E-state index in [2.05, 4.69) is 15.4 Å². The fourth-order valence-corrected chi connectivity index (χ4v) is 2.49. The smallest absolute Gasteiger partial charge is 0.137 e. The molecule has 0 saturated heterocycles. The Kier molecular flexibility index (Phi) is 3.02. The van der Waals surface area contributed by atoms with Crippen LogP contribution in [-0.2, 0) is 7.05 Å². The van der Waals surface area contributed by atoms with Crippen LogP contribution in [0.5, 0.6) is 5.75 Å². The number of rotatable bonds is 2. The van der Waals surface area contributed by atoms with Crippen LogP contribution in [0, 0.1) is 0 Å². The second kappa shape index (κ2) is 4.72. The number of ether oxygens (including phenoxy) is 1. The molecule has 7 heteroatoms. The number of aliphatic imine (C=N–C) groups is 1. The van der Waals surface area contributed by atoms with Crippen molar-refractivity contribution < 1.29 is 4.74 Å². The first-order chi connectivity index (χ1) is 9.60. The Balaban J connectivity index is 2.22. The first-order valence-electron chi connectivity index (χ1n) is 6.06. The quantitative estimate of drug-likeness (QED) is 0.885. The van der Waals surface area contributed by atoms with Crippen molar-refractivity contribution in [2.75, 3.05) is 19.1 Å². The van der Waals surface area contributed by atoms with Crippen molar-refractivity contribution >= 4 is 23.3 Å². The zero-order chi connectivity index (χ0) is 14.3. The maximum Gasteiger partial charge on any atom is 0.137 e. The van der Waals surface area contributed by atoms with Gasteiger partial charge in [-0.15, -0.1) is 0 Å². The van der Waals surface area contributed by atoms with Gasteiger partial charge in [0.25, 0.3) is 0 Å². The molecular formula is C13H14ClN5O. The van der Waals surface area contributed by atoms with E-state index in [1.54, 1.807) is 17.9 Å². The molecule has 1 aliphatic heterocycles. The number of benzene rings is 1. The van der Waals surface area contributed by atoms with Gasteiger partial charge in [-0.3, -0.25) is 4.68 Å². The van der Waals surface area contributed by atoms with E-state index in [4.69, 9.17) is 22.1 Å². The Hall–Kier alpha value is -2.21. The molecule has 1 aromatic heterocycles. The highest BCUT2D eigenvalue weighted by molar-refractivity contribution is 6.31. The van der Waals surface area contributed by atoms with E-state index in [-0.39, 0.29) is 0 Å². The van der Waals surface area contributed by atoms with Crippen molar-refractivity contribution in [3.05, 3.63) is 28.8 Å². The van der Waals surface area contributed by atoms with Gasteiger partial charge in [0.05, 0.1) is 12.7 Å². The molecule has 0 aliphatic carbocycles. The summed E-state index contributed by atoms with van der Waals surface area (Å²) in [7, 11) is 3.45. The number of aromatic nitrogens is 2. The molecule has 0 bridgehead atoms. The summed E-state index contributed by atoms with van der Waals surface area (Å²) in [5.41, 5.74) is 8.37. The van der Waals surface area contributed by atoms with Crippen LogP contribution in [0.3, 0.4) is 0 Å². The number of amidine groups is 1. The first-order valence-corrected chi connectivity index (χ1v) is 6.44. The Morgan fingerprint density at radius 2 is 2.20 bits per heavy atom. The van der Waals surface area contributed by atoms with Crippen LogP contribution in [-0.4, -0.2) is 29.4 Å². The average Bonchev–Trinajstić information content (AvgIpc) is 2.77. The van der Waals surface area contributed by atoms with Crippen molar-refractivity contribution in [2.45, 2.75) is 0 Å². The van der Waals surface area contributed by atoms with Crippen molar-refractivity contribution in [3.63, 3.8) is 0 Å². The third-order valence-corrected chi connectivity index (χ3v) is 3.40. The molecule has 0 unspecified atom stereocenters. The number of nitrogens with two attached hydrogens (primary N) is 1. The van der Waals surface area contributed by atoms with Gasteiger partial charge in [-0.1, -0.05) is 11.6 Å². The summed E-state index contributed by atoms with van der Waals surface area (Å²) in [5.74, 6) is 2.00. The molecule has 0 saturated carbocycles. The van der Waals surface area contributed by atoms with Gasteiger partial charge in [0.1, 0.15) is 29.8 Å². The van der Waals surface area contributed by atoms with Gasteiger partial charge >= 0.3 is 0 Å². The van der Waals surface area contributed by atoms with Gasteiger partial charge in [0, 0.05) is 17.6 Å². The molecule has 1 aliphatic rings. The molecule has 2 aromatic rings. The van der Waals surface area contributed by atoms with E-state index in [9.17, 15) is 0 Å². The van der Waals surface area contributed by atoms with Gasteiger partial charge in [-0.05, 0) is 18.2 Å². The summed E-state index contributed by atoms with van der Waals surface area (Å²) in [6, 6.07) is 5.45. The number of fused-ring (bicyclic) bond motifs is 1. The van der Waals surface area contributed by atoms with Gasteiger partial charge in [0.15, 0.2) is 0 Å². The fraction of sp³-hybridized carbons (Fsp3) is 0.231. The average molecular weight is 292 g/mol. The summed E-state index contributed by atoms with van der Waals surface area (Å²) in [5, 5.41) is 8.25. The SMILES string of the molecule is COc1cc(Cl)cc(-c2nn(C)c3c2C(N)=NCN3)c1. The molecule has 0 fully saturated rings. The highest BCUT2D eigenvalue weighted by Gasteiger charge is 2.23. The molecule has 104 valence electrons. The zero-order valence-electron chi connectivity index (χ0n) is 11.1. The van der Waals surface area contributed by atoms with Gasteiger partial charge in [-0.2, -0.15) is 5.10 Å². The van der Waals surface area contributed by atoms with E-state index >= 15 is 0 Å². The van der Waals surface area contributed by atoms with E-state index < -0.39 is 0 Å². The van der Waals surface area contributed by atoms with E-state index in [0.29, 0.717) is 23.3 Å². The molecule has 0 spiro atoms. The third-order valence-electron chi connectivity index (χ3n) is 3.18. The number of aryl methyl sites for hydroxylation is 1. The molecule has 0 amide bonds. The standard InChI is InChI=1S/C13H14ClN5O/c1-19-13-10(12(15)16-6-17-13)11(18-19)7-3-8(14)5-9(4-7)20-2/h3-5,17H,6H2,1-2H3,(H2,15,16).